The first-order valence-electron chi connectivity index (χ1n) is 12.2. The molecule has 6 nitrogen and oxygen atoms in total. The van der Waals surface area contributed by atoms with Crippen molar-refractivity contribution in [1.29, 1.82) is 0 Å². The molecule has 7 rings (SSSR count). The minimum Gasteiger partial charge on any atom is -0.288 e. The summed E-state index contributed by atoms with van der Waals surface area (Å²) in [4.78, 5) is 64.8. The fourth-order valence-corrected chi connectivity index (χ4v) is 8.18. The van der Waals surface area contributed by atoms with E-state index in [-0.39, 0.29) is 34.3 Å². The fourth-order valence-electron chi connectivity index (χ4n) is 4.84. The molecule has 2 aliphatic carbocycles. The van der Waals surface area contributed by atoms with Crippen molar-refractivity contribution >= 4 is 69.3 Å². The Bertz CT molecular complexity index is 1930. The number of hydrogen-bond acceptors (Lipinski definition) is 9. The number of pyridine rings is 2. The highest BCUT2D eigenvalue weighted by Crippen LogP contribution is 2.43. The Kier molecular flexibility index (Phi) is 5.74. The number of carbonyl (C=O) groups is 4. The maximum atomic E-state index is 12.8. The van der Waals surface area contributed by atoms with Crippen LogP contribution in [0, 0.1) is 6.92 Å². The second kappa shape index (κ2) is 9.34. The molecular formula is C31H16N2O4S3. The van der Waals surface area contributed by atoms with E-state index in [4.69, 9.17) is 0 Å². The van der Waals surface area contributed by atoms with E-state index in [2.05, 4.69) is 23.0 Å². The third-order valence-corrected chi connectivity index (χ3v) is 10.5. The number of hydrogen-bond donors (Lipinski definition) is 0. The van der Waals surface area contributed by atoms with Crippen molar-refractivity contribution in [3.63, 3.8) is 0 Å². The van der Waals surface area contributed by atoms with Gasteiger partial charge in [-0.15, -0.1) is 34.0 Å². The van der Waals surface area contributed by atoms with Crippen LogP contribution in [0.3, 0.4) is 0 Å². The summed E-state index contributed by atoms with van der Waals surface area (Å²) in [5.74, 6) is -1.11. The second-order valence-electron chi connectivity index (χ2n) is 9.30. The Labute approximate surface area is 240 Å². The smallest absolute Gasteiger partial charge is 0.199 e. The predicted octanol–water partition coefficient (Wildman–Crippen LogP) is 7.23. The zero-order valence-corrected chi connectivity index (χ0v) is 23.2. The Balaban J connectivity index is 1.15. The molecule has 0 saturated heterocycles. The molecule has 0 radical (unpaired) electrons. The Morgan fingerprint density at radius 1 is 0.575 bits per heavy atom. The molecule has 0 spiro atoms. The normalized spacial score (nSPS) is 16.4. The Morgan fingerprint density at radius 3 is 1.62 bits per heavy atom. The molecular weight excluding hydrogens is 561 g/mol. The molecule has 0 unspecified atom stereocenters. The van der Waals surface area contributed by atoms with Gasteiger partial charge >= 0.3 is 0 Å². The summed E-state index contributed by atoms with van der Waals surface area (Å²) < 4.78 is 0. The fraction of sp³-hybridized carbons (Fsp3) is 0.0323. The van der Waals surface area contributed by atoms with Gasteiger partial charge in [-0.25, -0.2) is 0 Å². The van der Waals surface area contributed by atoms with Crippen molar-refractivity contribution in [1.82, 2.24) is 9.97 Å². The third-order valence-electron chi connectivity index (χ3n) is 6.81. The van der Waals surface area contributed by atoms with Crippen molar-refractivity contribution in [3.05, 3.63) is 116 Å². The first-order valence-corrected chi connectivity index (χ1v) is 14.6. The van der Waals surface area contributed by atoms with Crippen molar-refractivity contribution < 1.29 is 19.2 Å². The van der Waals surface area contributed by atoms with E-state index in [9.17, 15) is 19.2 Å². The van der Waals surface area contributed by atoms with Crippen molar-refractivity contribution in [3.8, 4) is 19.5 Å². The van der Waals surface area contributed by atoms with E-state index in [1.165, 1.54) is 47.5 Å². The number of nitrogens with zero attached hydrogens (tertiary/aromatic N) is 2. The molecule has 40 heavy (non-hydrogen) atoms. The average molecular weight is 577 g/mol. The van der Waals surface area contributed by atoms with Gasteiger partial charge in [-0.3, -0.25) is 29.1 Å². The lowest BCUT2D eigenvalue weighted by Crippen LogP contribution is -1.99. The molecule has 0 fully saturated rings. The van der Waals surface area contributed by atoms with Crippen LogP contribution in [0.15, 0.2) is 78.4 Å². The van der Waals surface area contributed by atoms with E-state index in [0.29, 0.717) is 22.3 Å². The van der Waals surface area contributed by atoms with Gasteiger partial charge in [0.1, 0.15) is 0 Å². The number of aromatic nitrogens is 2. The third kappa shape index (κ3) is 3.90. The van der Waals surface area contributed by atoms with Crippen LogP contribution in [0.1, 0.15) is 56.7 Å². The molecule has 5 heterocycles. The lowest BCUT2D eigenvalue weighted by atomic mass is 10.1. The van der Waals surface area contributed by atoms with E-state index in [1.807, 2.05) is 24.3 Å². The van der Waals surface area contributed by atoms with Gasteiger partial charge in [-0.1, -0.05) is 0 Å². The molecule has 0 bridgehead atoms. The number of carbonyl (C=O) groups excluding carboxylic acids is 4. The number of fused-ring (bicyclic) bond motifs is 2. The van der Waals surface area contributed by atoms with Gasteiger partial charge in [-0.2, -0.15) is 0 Å². The summed E-state index contributed by atoms with van der Waals surface area (Å²) >= 11 is 4.70. The molecule has 0 aromatic carbocycles. The zero-order chi connectivity index (χ0) is 27.5. The summed E-state index contributed by atoms with van der Waals surface area (Å²) in [5.41, 5.74) is 2.94. The lowest BCUT2D eigenvalue weighted by Gasteiger charge is -1.94. The summed E-state index contributed by atoms with van der Waals surface area (Å²) in [7, 11) is 0. The number of rotatable bonds is 4. The molecule has 0 atom stereocenters. The molecule has 2 aliphatic rings. The first-order chi connectivity index (χ1) is 19.4. The lowest BCUT2D eigenvalue weighted by molar-refractivity contribution is 0.0975. The van der Waals surface area contributed by atoms with Crippen molar-refractivity contribution in [2.45, 2.75) is 6.92 Å². The van der Waals surface area contributed by atoms with Gasteiger partial charge in [0.05, 0.1) is 22.3 Å². The van der Waals surface area contributed by atoms with Crippen LogP contribution in [0.25, 0.3) is 31.7 Å². The van der Waals surface area contributed by atoms with Crippen LogP contribution in [-0.2, 0) is 0 Å². The molecule has 0 saturated carbocycles. The Hall–Kier alpha value is -4.44. The summed E-state index contributed by atoms with van der Waals surface area (Å²) in [6.45, 7) is 2.05. The monoisotopic (exact) mass is 576 g/mol. The quantitative estimate of drug-likeness (QED) is 0.166. The van der Waals surface area contributed by atoms with Crippen molar-refractivity contribution in [2.75, 3.05) is 0 Å². The maximum absolute atomic E-state index is 12.8. The van der Waals surface area contributed by atoms with Gasteiger partial charge in [0, 0.05) is 65.2 Å². The van der Waals surface area contributed by atoms with Gasteiger partial charge in [0.25, 0.3) is 0 Å². The van der Waals surface area contributed by atoms with E-state index >= 15 is 0 Å². The molecule has 9 heteroatoms. The maximum Gasteiger partial charge on any atom is 0.199 e. The zero-order valence-electron chi connectivity index (χ0n) is 20.8. The topological polar surface area (TPSA) is 94.1 Å². The first kappa shape index (κ1) is 24.6. The average Bonchev–Trinajstić information content (AvgIpc) is 3.78. The van der Waals surface area contributed by atoms with Crippen LogP contribution in [0.5, 0.6) is 0 Å². The van der Waals surface area contributed by atoms with Gasteiger partial charge in [-0.05, 0) is 67.1 Å². The predicted molar refractivity (Wildman–Crippen MR) is 157 cm³/mol. The number of ketones is 4. The highest BCUT2D eigenvalue weighted by atomic mass is 32.1. The molecule has 5 aromatic rings. The Morgan fingerprint density at radius 2 is 1.07 bits per heavy atom. The van der Waals surface area contributed by atoms with E-state index in [0.717, 1.165) is 34.8 Å². The largest absolute Gasteiger partial charge is 0.288 e. The van der Waals surface area contributed by atoms with E-state index < -0.39 is 0 Å². The summed E-state index contributed by atoms with van der Waals surface area (Å²) in [5, 5.41) is 0. The van der Waals surface area contributed by atoms with Crippen LogP contribution in [-0.4, -0.2) is 33.1 Å². The minimum absolute atomic E-state index is 0.165. The standard InChI is InChI=1S/C31H16N2O4S3/c1-15-10-26(24-4-2-16(38-24)11-20-27(34)18-6-8-32-13-22(18)29(20)36)40-31(15)25-5-3-17(39-25)12-21-28(35)19-7-9-33-14-23(19)30(21)37/h2-14H,1H3/b20-11+,21-12+. The second-order valence-corrected chi connectivity index (χ2v) is 12.6. The van der Waals surface area contributed by atoms with Gasteiger partial charge in [0.2, 0.25) is 0 Å². The summed E-state index contributed by atoms with van der Waals surface area (Å²) in [6, 6.07) is 13.1. The molecule has 0 N–H and O–H groups in total. The molecule has 0 aliphatic heterocycles. The summed E-state index contributed by atoms with van der Waals surface area (Å²) in [6.07, 6.45) is 9.26. The molecule has 0 amide bonds. The van der Waals surface area contributed by atoms with Crippen LogP contribution in [0.2, 0.25) is 0 Å². The number of Topliss-reactive ketones (excluding diaryl/α,β-unsaturated/α-hetero) is 4. The van der Waals surface area contributed by atoms with Gasteiger partial charge in [0.15, 0.2) is 23.1 Å². The van der Waals surface area contributed by atoms with Crippen molar-refractivity contribution in [2.24, 2.45) is 0 Å². The minimum atomic E-state index is -0.290. The highest BCUT2D eigenvalue weighted by molar-refractivity contribution is 7.27. The van der Waals surface area contributed by atoms with Gasteiger partial charge < -0.3 is 0 Å². The highest BCUT2D eigenvalue weighted by Gasteiger charge is 2.34. The van der Waals surface area contributed by atoms with E-state index in [1.54, 1.807) is 35.6 Å². The van der Waals surface area contributed by atoms with Crippen LogP contribution in [0.4, 0.5) is 0 Å². The number of allylic oxidation sites excluding steroid dienone is 2. The number of aryl methyl sites for hydroxylation is 1. The molecule has 192 valence electrons. The van der Waals surface area contributed by atoms with Crippen LogP contribution >= 0.6 is 34.0 Å². The SMILES string of the molecule is Cc1cc(-c2ccc(/C=C3\C(=O)c4ccncc4C3=O)s2)sc1-c1ccc(/C=C2\C(=O)c3ccncc3C2=O)s1. The van der Waals surface area contributed by atoms with Crippen LogP contribution < -0.4 is 0 Å². The molecule has 5 aromatic heterocycles. The number of thiophene rings is 3.